The first-order chi connectivity index (χ1) is 11.6. The Bertz CT molecular complexity index is 865. The minimum absolute atomic E-state index is 0.218. The minimum Gasteiger partial charge on any atom is -0.354 e. The Morgan fingerprint density at radius 1 is 1.00 bits per heavy atom. The van der Waals surface area contributed by atoms with Crippen molar-refractivity contribution in [2.24, 2.45) is 0 Å². The fourth-order valence-corrected chi connectivity index (χ4v) is 2.51. The van der Waals surface area contributed by atoms with Crippen LogP contribution < -0.4 is 10.6 Å². The van der Waals surface area contributed by atoms with Crippen LogP contribution in [0.1, 0.15) is 15.9 Å². The van der Waals surface area contributed by atoms with Crippen LogP contribution in [0.15, 0.2) is 67.0 Å². The number of nitrogens with zero attached hydrogens (tertiary/aromatic N) is 1. The third-order valence-corrected chi connectivity index (χ3v) is 3.73. The van der Waals surface area contributed by atoms with Gasteiger partial charge in [0.05, 0.1) is 17.4 Å². The summed E-state index contributed by atoms with van der Waals surface area (Å²) in [6.45, 7) is 1.90. The average Bonchev–Trinajstić information content (AvgIpc) is 2.58. The number of carbonyl (C=O) groups is 1. The zero-order valence-electron chi connectivity index (χ0n) is 13.1. The standard InChI is InChI=1S/C19H16ClN3O/c1-13-9-15(20)7-8-18(13)23-19(24)14-10-17(12-21-11-14)22-16-5-3-2-4-6-16/h2-12,22H,1H3,(H,23,24). The van der Waals surface area contributed by atoms with Gasteiger partial charge in [-0.2, -0.15) is 0 Å². The Morgan fingerprint density at radius 2 is 1.79 bits per heavy atom. The summed E-state index contributed by atoms with van der Waals surface area (Å²) >= 11 is 5.94. The smallest absolute Gasteiger partial charge is 0.257 e. The van der Waals surface area contributed by atoms with E-state index in [9.17, 15) is 4.79 Å². The van der Waals surface area contributed by atoms with Crippen molar-refractivity contribution in [3.05, 3.63) is 83.1 Å². The molecule has 0 spiro atoms. The maximum absolute atomic E-state index is 12.4. The van der Waals surface area contributed by atoms with Gasteiger partial charge in [0.2, 0.25) is 0 Å². The zero-order chi connectivity index (χ0) is 16.9. The van der Waals surface area contributed by atoms with Gasteiger partial charge in [-0.05, 0) is 48.9 Å². The second-order valence-corrected chi connectivity index (χ2v) is 5.80. The molecule has 3 rings (SSSR count). The normalized spacial score (nSPS) is 10.2. The lowest BCUT2D eigenvalue weighted by molar-refractivity contribution is 0.102. The van der Waals surface area contributed by atoms with E-state index < -0.39 is 0 Å². The van der Waals surface area contributed by atoms with E-state index >= 15 is 0 Å². The van der Waals surface area contributed by atoms with Crippen molar-refractivity contribution in [1.29, 1.82) is 0 Å². The third-order valence-electron chi connectivity index (χ3n) is 3.50. The number of anilines is 3. The van der Waals surface area contributed by atoms with Crippen LogP contribution in [0, 0.1) is 6.92 Å². The molecule has 120 valence electrons. The molecule has 2 N–H and O–H groups in total. The molecular weight excluding hydrogens is 322 g/mol. The second kappa shape index (κ2) is 7.15. The second-order valence-electron chi connectivity index (χ2n) is 5.37. The number of hydrogen-bond acceptors (Lipinski definition) is 3. The number of pyridine rings is 1. The number of aromatic nitrogens is 1. The predicted octanol–water partition coefficient (Wildman–Crippen LogP) is 5.04. The van der Waals surface area contributed by atoms with Crippen molar-refractivity contribution in [2.45, 2.75) is 6.92 Å². The topological polar surface area (TPSA) is 54.0 Å². The molecular formula is C19H16ClN3O. The number of rotatable bonds is 4. The molecule has 0 unspecified atom stereocenters. The van der Waals surface area contributed by atoms with Crippen LogP contribution in [0.2, 0.25) is 5.02 Å². The summed E-state index contributed by atoms with van der Waals surface area (Å²) in [5.41, 5.74) is 3.80. The van der Waals surface area contributed by atoms with Gasteiger partial charge in [0.25, 0.3) is 5.91 Å². The van der Waals surface area contributed by atoms with Gasteiger partial charge in [0.1, 0.15) is 0 Å². The summed E-state index contributed by atoms with van der Waals surface area (Å²) in [6, 6.07) is 16.8. The Hall–Kier alpha value is -2.85. The molecule has 1 amide bonds. The summed E-state index contributed by atoms with van der Waals surface area (Å²) in [5, 5.41) is 6.74. The highest BCUT2D eigenvalue weighted by molar-refractivity contribution is 6.30. The lowest BCUT2D eigenvalue weighted by atomic mass is 10.2. The largest absolute Gasteiger partial charge is 0.354 e. The molecule has 5 heteroatoms. The Morgan fingerprint density at radius 3 is 2.54 bits per heavy atom. The van der Waals surface area contributed by atoms with Crippen LogP contribution in [0.4, 0.5) is 17.1 Å². The van der Waals surface area contributed by atoms with E-state index in [0.29, 0.717) is 10.6 Å². The Balaban J connectivity index is 1.77. The van der Waals surface area contributed by atoms with E-state index in [-0.39, 0.29) is 5.91 Å². The molecule has 0 saturated heterocycles. The van der Waals surface area contributed by atoms with Gasteiger partial charge in [-0.15, -0.1) is 0 Å². The highest BCUT2D eigenvalue weighted by Crippen LogP contribution is 2.21. The first-order valence-electron chi connectivity index (χ1n) is 7.46. The van der Waals surface area contributed by atoms with E-state index in [4.69, 9.17) is 11.6 Å². The minimum atomic E-state index is -0.218. The van der Waals surface area contributed by atoms with E-state index in [1.54, 1.807) is 24.4 Å². The van der Waals surface area contributed by atoms with Crippen molar-refractivity contribution in [2.75, 3.05) is 10.6 Å². The monoisotopic (exact) mass is 337 g/mol. The summed E-state index contributed by atoms with van der Waals surface area (Å²) < 4.78 is 0. The van der Waals surface area contributed by atoms with E-state index in [1.165, 1.54) is 6.20 Å². The molecule has 2 aromatic carbocycles. The van der Waals surface area contributed by atoms with Gasteiger partial charge in [0, 0.05) is 22.6 Å². The van der Waals surface area contributed by atoms with Gasteiger partial charge >= 0.3 is 0 Å². The van der Waals surface area contributed by atoms with E-state index in [2.05, 4.69) is 15.6 Å². The highest BCUT2D eigenvalue weighted by Gasteiger charge is 2.09. The van der Waals surface area contributed by atoms with Crippen LogP contribution in [-0.2, 0) is 0 Å². The Labute approximate surface area is 145 Å². The molecule has 0 aliphatic rings. The molecule has 0 fully saturated rings. The number of benzene rings is 2. The fourth-order valence-electron chi connectivity index (χ4n) is 2.28. The quantitative estimate of drug-likeness (QED) is 0.701. The van der Waals surface area contributed by atoms with Crippen molar-refractivity contribution >= 4 is 34.6 Å². The lowest BCUT2D eigenvalue weighted by Gasteiger charge is -2.10. The van der Waals surface area contributed by atoms with Crippen molar-refractivity contribution in [1.82, 2.24) is 4.98 Å². The number of hydrogen-bond donors (Lipinski definition) is 2. The molecule has 0 aliphatic carbocycles. The first kappa shape index (κ1) is 16.0. The summed E-state index contributed by atoms with van der Waals surface area (Å²) in [4.78, 5) is 16.6. The highest BCUT2D eigenvalue weighted by atomic mass is 35.5. The number of nitrogens with one attached hydrogen (secondary N) is 2. The summed E-state index contributed by atoms with van der Waals surface area (Å²) in [7, 11) is 0. The fraction of sp³-hybridized carbons (Fsp3) is 0.0526. The van der Waals surface area contributed by atoms with Gasteiger partial charge in [0.15, 0.2) is 0 Å². The van der Waals surface area contributed by atoms with Gasteiger partial charge in [-0.25, -0.2) is 0 Å². The maximum atomic E-state index is 12.4. The number of halogens is 1. The molecule has 4 nitrogen and oxygen atoms in total. The van der Waals surface area contributed by atoms with Crippen LogP contribution >= 0.6 is 11.6 Å². The molecule has 0 radical (unpaired) electrons. The first-order valence-corrected chi connectivity index (χ1v) is 7.84. The van der Waals surface area contributed by atoms with E-state index in [1.807, 2.05) is 43.3 Å². The van der Waals surface area contributed by atoms with Crippen molar-refractivity contribution in [3.8, 4) is 0 Å². The van der Waals surface area contributed by atoms with Crippen molar-refractivity contribution < 1.29 is 4.79 Å². The maximum Gasteiger partial charge on any atom is 0.257 e. The zero-order valence-corrected chi connectivity index (χ0v) is 13.8. The molecule has 1 aromatic heterocycles. The molecule has 0 saturated carbocycles. The number of carbonyl (C=O) groups excluding carboxylic acids is 1. The lowest BCUT2D eigenvalue weighted by Crippen LogP contribution is -2.13. The van der Waals surface area contributed by atoms with Crippen LogP contribution in [-0.4, -0.2) is 10.9 Å². The van der Waals surface area contributed by atoms with Gasteiger partial charge in [-0.3, -0.25) is 9.78 Å². The van der Waals surface area contributed by atoms with Crippen LogP contribution in [0.3, 0.4) is 0 Å². The SMILES string of the molecule is Cc1cc(Cl)ccc1NC(=O)c1cncc(Nc2ccccc2)c1. The molecule has 3 aromatic rings. The van der Waals surface area contributed by atoms with Gasteiger partial charge in [-0.1, -0.05) is 29.8 Å². The molecule has 0 aliphatic heterocycles. The number of aryl methyl sites for hydroxylation is 1. The molecule has 1 heterocycles. The number of amides is 1. The average molecular weight is 338 g/mol. The molecule has 0 atom stereocenters. The third kappa shape index (κ3) is 3.91. The van der Waals surface area contributed by atoms with Gasteiger partial charge < -0.3 is 10.6 Å². The predicted molar refractivity (Wildman–Crippen MR) is 98.1 cm³/mol. The molecule has 0 bridgehead atoms. The van der Waals surface area contributed by atoms with Crippen LogP contribution in [0.5, 0.6) is 0 Å². The summed E-state index contributed by atoms with van der Waals surface area (Å²) in [6.07, 6.45) is 3.22. The summed E-state index contributed by atoms with van der Waals surface area (Å²) in [5.74, 6) is -0.218. The number of para-hydroxylation sites is 1. The Kier molecular flexibility index (Phi) is 4.77. The van der Waals surface area contributed by atoms with Crippen LogP contribution in [0.25, 0.3) is 0 Å². The van der Waals surface area contributed by atoms with E-state index in [0.717, 1.165) is 22.6 Å². The molecule has 24 heavy (non-hydrogen) atoms. The van der Waals surface area contributed by atoms with Crippen molar-refractivity contribution in [3.63, 3.8) is 0 Å².